The Balaban J connectivity index is 2.82. The fraction of sp³-hybridized carbons (Fsp3) is 0.600. The summed E-state index contributed by atoms with van der Waals surface area (Å²) in [7, 11) is 0. The van der Waals surface area contributed by atoms with Crippen LogP contribution in [0.1, 0.15) is 12.8 Å². The zero-order valence-corrected chi connectivity index (χ0v) is 5.12. The maximum Gasteiger partial charge on any atom is 0.0851 e. The first-order valence-corrected chi connectivity index (χ1v) is 2.88. The molecule has 0 aromatic heterocycles. The van der Waals surface area contributed by atoms with Crippen LogP contribution < -0.4 is 0 Å². The molecule has 0 bridgehead atoms. The second kappa shape index (κ2) is 4.06. The smallest absolute Gasteiger partial charge is 0.0851 e. The first-order valence-electron chi connectivity index (χ1n) is 2.25. The number of thiol groups is 1. The monoisotopic (exact) mass is 118 g/mol. The number of aliphatic hydroxyl groups excluding tert-OH is 1. The molecule has 0 saturated heterocycles. The van der Waals surface area contributed by atoms with E-state index in [9.17, 15) is 0 Å². The van der Waals surface area contributed by atoms with Gasteiger partial charge in [0.15, 0.2) is 0 Å². The normalized spacial score (nSPS) is 8.71. The summed E-state index contributed by atoms with van der Waals surface area (Å²) in [5.41, 5.74) is 0. The Morgan fingerprint density at radius 1 is 1.71 bits per heavy atom. The number of rotatable bonds is 3. The van der Waals surface area contributed by atoms with Gasteiger partial charge in [-0.05, 0) is 12.2 Å². The third-order valence-electron chi connectivity index (χ3n) is 0.623. The van der Waals surface area contributed by atoms with Crippen molar-refractivity contribution in [2.75, 3.05) is 5.75 Å². The van der Waals surface area contributed by atoms with E-state index in [2.05, 4.69) is 19.2 Å². The summed E-state index contributed by atoms with van der Waals surface area (Å²) in [5, 5.41) is 8.46. The minimum absolute atomic E-state index is 0.258. The van der Waals surface area contributed by atoms with Crippen LogP contribution in [-0.4, -0.2) is 10.9 Å². The van der Waals surface area contributed by atoms with Crippen LogP contribution in [0.2, 0.25) is 0 Å². The van der Waals surface area contributed by atoms with Crippen LogP contribution in [-0.2, 0) is 0 Å². The van der Waals surface area contributed by atoms with Crippen molar-refractivity contribution in [3.63, 3.8) is 0 Å². The van der Waals surface area contributed by atoms with E-state index in [1.54, 1.807) is 0 Å². The van der Waals surface area contributed by atoms with Gasteiger partial charge in [-0.1, -0.05) is 6.58 Å². The minimum Gasteiger partial charge on any atom is -0.513 e. The average Bonchev–Trinajstić information content (AvgIpc) is 1.61. The average molecular weight is 118 g/mol. The summed E-state index contributed by atoms with van der Waals surface area (Å²) in [6, 6.07) is 0. The second-order valence-corrected chi connectivity index (χ2v) is 1.84. The molecule has 0 radical (unpaired) electrons. The van der Waals surface area contributed by atoms with E-state index in [1.165, 1.54) is 0 Å². The van der Waals surface area contributed by atoms with Crippen LogP contribution in [0.4, 0.5) is 0 Å². The van der Waals surface area contributed by atoms with Crippen LogP contribution in [0.3, 0.4) is 0 Å². The fourth-order valence-corrected chi connectivity index (χ4v) is 0.441. The number of hydrogen-bond donors (Lipinski definition) is 2. The molecule has 1 nitrogen and oxygen atoms in total. The molecular formula is C5H10OS. The van der Waals surface area contributed by atoms with Gasteiger partial charge in [0.1, 0.15) is 0 Å². The topological polar surface area (TPSA) is 20.2 Å². The molecule has 0 heterocycles. The van der Waals surface area contributed by atoms with Crippen molar-refractivity contribution in [3.8, 4) is 0 Å². The van der Waals surface area contributed by atoms with Crippen molar-refractivity contribution in [2.45, 2.75) is 12.8 Å². The van der Waals surface area contributed by atoms with Gasteiger partial charge in [-0.25, -0.2) is 0 Å². The third kappa shape index (κ3) is 5.89. The van der Waals surface area contributed by atoms with Crippen LogP contribution >= 0.6 is 12.6 Å². The van der Waals surface area contributed by atoms with Gasteiger partial charge < -0.3 is 5.11 Å². The van der Waals surface area contributed by atoms with E-state index in [1.807, 2.05) is 0 Å². The molecule has 7 heavy (non-hydrogen) atoms. The van der Waals surface area contributed by atoms with Gasteiger partial charge in [0.25, 0.3) is 0 Å². The Hall–Kier alpha value is -0.110. The summed E-state index contributed by atoms with van der Waals surface area (Å²) in [5.74, 6) is 1.08. The molecule has 42 valence electrons. The van der Waals surface area contributed by atoms with Gasteiger partial charge in [-0.15, -0.1) is 0 Å². The van der Waals surface area contributed by atoms with Gasteiger partial charge in [0.2, 0.25) is 0 Å². The summed E-state index contributed by atoms with van der Waals surface area (Å²) >= 11 is 3.94. The molecule has 0 fully saturated rings. The molecule has 0 aliphatic rings. The number of allylic oxidation sites excluding steroid dienone is 1. The maximum atomic E-state index is 8.46. The lowest BCUT2D eigenvalue weighted by atomic mass is 10.3. The highest BCUT2D eigenvalue weighted by Gasteiger charge is 1.84. The van der Waals surface area contributed by atoms with Gasteiger partial charge in [0.05, 0.1) is 5.76 Å². The molecule has 0 unspecified atom stereocenters. The Morgan fingerprint density at radius 3 is 2.43 bits per heavy atom. The Morgan fingerprint density at radius 2 is 2.29 bits per heavy atom. The van der Waals surface area contributed by atoms with Crippen LogP contribution in [0.5, 0.6) is 0 Å². The van der Waals surface area contributed by atoms with Crippen molar-refractivity contribution in [3.05, 3.63) is 12.3 Å². The molecule has 0 amide bonds. The molecule has 0 spiro atoms. The van der Waals surface area contributed by atoms with Crippen molar-refractivity contribution < 1.29 is 5.11 Å². The number of hydrogen-bond acceptors (Lipinski definition) is 2. The highest BCUT2D eigenvalue weighted by Crippen LogP contribution is 1.97. The van der Waals surface area contributed by atoms with E-state index in [4.69, 9.17) is 5.11 Å². The summed E-state index contributed by atoms with van der Waals surface area (Å²) in [6.07, 6.45) is 1.60. The molecular weight excluding hydrogens is 108 g/mol. The number of aliphatic hydroxyl groups is 1. The molecule has 0 aliphatic carbocycles. The summed E-state index contributed by atoms with van der Waals surface area (Å²) in [4.78, 5) is 0. The van der Waals surface area contributed by atoms with E-state index in [-0.39, 0.29) is 5.76 Å². The first-order chi connectivity index (χ1) is 3.27. The zero-order chi connectivity index (χ0) is 5.70. The molecule has 0 atom stereocenters. The molecule has 0 saturated carbocycles. The highest BCUT2D eigenvalue weighted by molar-refractivity contribution is 7.80. The lowest BCUT2D eigenvalue weighted by molar-refractivity contribution is 0.390. The Labute approximate surface area is 49.5 Å². The van der Waals surface area contributed by atoms with Crippen molar-refractivity contribution in [1.82, 2.24) is 0 Å². The van der Waals surface area contributed by atoms with E-state index in [0.717, 1.165) is 12.2 Å². The highest BCUT2D eigenvalue weighted by atomic mass is 32.1. The van der Waals surface area contributed by atoms with Crippen LogP contribution in [0.25, 0.3) is 0 Å². The quantitative estimate of drug-likeness (QED) is 0.427. The minimum atomic E-state index is 0.258. The first kappa shape index (κ1) is 6.89. The van der Waals surface area contributed by atoms with E-state index >= 15 is 0 Å². The van der Waals surface area contributed by atoms with Crippen LogP contribution in [0.15, 0.2) is 12.3 Å². The van der Waals surface area contributed by atoms with Gasteiger partial charge >= 0.3 is 0 Å². The molecule has 0 rings (SSSR count). The maximum absolute atomic E-state index is 8.46. The van der Waals surface area contributed by atoms with Gasteiger partial charge in [-0.2, -0.15) is 12.6 Å². The Bertz CT molecular complexity index is 61.1. The van der Waals surface area contributed by atoms with Crippen molar-refractivity contribution in [1.29, 1.82) is 0 Å². The zero-order valence-electron chi connectivity index (χ0n) is 4.22. The molecule has 0 aromatic rings. The van der Waals surface area contributed by atoms with Gasteiger partial charge in [-0.3, -0.25) is 0 Å². The van der Waals surface area contributed by atoms with E-state index in [0.29, 0.717) is 6.42 Å². The van der Waals surface area contributed by atoms with Crippen LogP contribution in [0, 0.1) is 0 Å². The fourth-order valence-electron chi connectivity index (χ4n) is 0.283. The van der Waals surface area contributed by atoms with Crippen molar-refractivity contribution >= 4 is 12.6 Å². The molecule has 0 aromatic carbocycles. The standard InChI is InChI=1S/C5H10OS/c1-5(6)3-2-4-7/h6-7H,1-4H2. The lowest BCUT2D eigenvalue weighted by Crippen LogP contribution is -1.78. The van der Waals surface area contributed by atoms with Gasteiger partial charge in [0, 0.05) is 6.42 Å². The Kier molecular flexibility index (Phi) is 4.00. The van der Waals surface area contributed by atoms with Crippen molar-refractivity contribution in [2.24, 2.45) is 0 Å². The third-order valence-corrected chi connectivity index (χ3v) is 0.940. The summed E-state index contributed by atoms with van der Waals surface area (Å²) < 4.78 is 0. The summed E-state index contributed by atoms with van der Waals surface area (Å²) in [6.45, 7) is 3.31. The molecule has 0 aliphatic heterocycles. The molecule has 2 heteroatoms. The largest absolute Gasteiger partial charge is 0.513 e. The SMILES string of the molecule is C=C(O)CCCS. The predicted octanol–water partition coefficient (Wildman–Crippen LogP) is 1.77. The second-order valence-electron chi connectivity index (χ2n) is 1.39. The predicted molar refractivity (Wildman–Crippen MR) is 34.9 cm³/mol. The molecule has 1 N–H and O–H groups in total. The van der Waals surface area contributed by atoms with E-state index < -0.39 is 0 Å². The lowest BCUT2D eigenvalue weighted by Gasteiger charge is -1.90.